The minimum Gasteiger partial charge on any atom is -0.352 e. The lowest BCUT2D eigenvalue weighted by atomic mass is 10.2. The Morgan fingerprint density at radius 3 is 2.52 bits per heavy atom. The average Bonchev–Trinajstić information content (AvgIpc) is 2.66. The Kier molecular flexibility index (Phi) is 7.47. The molecule has 0 radical (unpaired) electrons. The molecule has 0 spiro atoms. The molecule has 6 nitrogen and oxygen atoms in total. The highest BCUT2D eigenvalue weighted by Gasteiger charge is 2.19. The number of hydrogen-bond donors (Lipinski definition) is 2. The number of rotatable bonds is 8. The monoisotopic (exact) mass is 354 g/mol. The second-order valence-corrected chi connectivity index (χ2v) is 6.35. The van der Waals surface area contributed by atoms with E-state index in [-0.39, 0.29) is 18.4 Å². The topological polar surface area (TPSA) is 94.9 Å². The van der Waals surface area contributed by atoms with Gasteiger partial charge in [-0.15, -0.1) is 11.8 Å². The van der Waals surface area contributed by atoms with E-state index in [1.165, 1.54) is 11.8 Å². The van der Waals surface area contributed by atoms with E-state index in [4.69, 9.17) is 5.26 Å². The molecule has 1 atom stereocenters. The Labute approximate surface area is 150 Å². The van der Waals surface area contributed by atoms with E-state index in [0.29, 0.717) is 18.5 Å². The van der Waals surface area contributed by atoms with Gasteiger partial charge in [0.05, 0.1) is 11.3 Å². The minimum absolute atomic E-state index is 0.0391. The van der Waals surface area contributed by atoms with Crippen LogP contribution in [0.4, 0.5) is 0 Å². The SMILES string of the molecule is N#CCNC(=O)C(CCNC(=O)c1ccccc1)Sc1ccncc1. The van der Waals surface area contributed by atoms with Gasteiger partial charge in [0, 0.05) is 29.4 Å². The largest absolute Gasteiger partial charge is 0.352 e. The van der Waals surface area contributed by atoms with Crippen LogP contribution in [0.25, 0.3) is 0 Å². The molecule has 1 unspecified atom stereocenters. The first-order valence-electron chi connectivity index (χ1n) is 7.75. The number of carbonyl (C=O) groups is 2. The summed E-state index contributed by atoms with van der Waals surface area (Å²) in [6, 6.07) is 14.4. The second-order valence-electron chi connectivity index (χ2n) is 5.08. The number of nitrogens with one attached hydrogen (secondary N) is 2. The first kappa shape index (κ1) is 18.5. The summed E-state index contributed by atoms with van der Waals surface area (Å²) in [5, 5.41) is 13.6. The molecule has 0 aliphatic carbocycles. The molecule has 1 aromatic heterocycles. The normalized spacial score (nSPS) is 11.2. The van der Waals surface area contributed by atoms with Crippen LogP contribution in [0.15, 0.2) is 59.8 Å². The lowest BCUT2D eigenvalue weighted by Crippen LogP contribution is -2.36. The summed E-state index contributed by atoms with van der Waals surface area (Å²) in [7, 11) is 0. The highest BCUT2D eigenvalue weighted by atomic mass is 32.2. The van der Waals surface area contributed by atoms with Gasteiger partial charge in [0.1, 0.15) is 6.54 Å². The predicted molar refractivity (Wildman–Crippen MR) is 95.9 cm³/mol. The molecular weight excluding hydrogens is 336 g/mol. The number of nitriles is 1. The standard InChI is InChI=1S/C18H18N4O2S/c19-9-13-22-18(24)16(25-15-6-10-20-11-7-15)8-12-21-17(23)14-4-2-1-3-5-14/h1-7,10-11,16H,8,12-13H2,(H,21,23)(H,22,24). The van der Waals surface area contributed by atoms with Crippen molar-refractivity contribution in [3.63, 3.8) is 0 Å². The van der Waals surface area contributed by atoms with Crippen LogP contribution in [0.5, 0.6) is 0 Å². The first-order chi connectivity index (χ1) is 12.2. The molecule has 2 amide bonds. The molecular formula is C18H18N4O2S. The molecule has 0 aliphatic rings. The van der Waals surface area contributed by atoms with E-state index in [2.05, 4.69) is 15.6 Å². The summed E-state index contributed by atoms with van der Waals surface area (Å²) in [5.41, 5.74) is 0.578. The van der Waals surface area contributed by atoms with Gasteiger partial charge in [-0.05, 0) is 30.7 Å². The summed E-state index contributed by atoms with van der Waals surface area (Å²) in [6.45, 7) is 0.319. The van der Waals surface area contributed by atoms with Crippen LogP contribution in [0.1, 0.15) is 16.8 Å². The Hall–Kier alpha value is -2.85. The summed E-state index contributed by atoms with van der Waals surface area (Å²) in [5.74, 6) is -0.400. The third kappa shape index (κ3) is 6.28. The molecule has 1 heterocycles. The smallest absolute Gasteiger partial charge is 0.251 e. The number of carbonyl (C=O) groups excluding carboxylic acids is 2. The molecule has 0 fully saturated rings. The number of aromatic nitrogens is 1. The molecule has 0 bridgehead atoms. The van der Waals surface area contributed by atoms with Crippen molar-refractivity contribution in [2.45, 2.75) is 16.6 Å². The molecule has 1 aromatic carbocycles. The predicted octanol–water partition coefficient (Wildman–Crippen LogP) is 2.00. The zero-order valence-corrected chi connectivity index (χ0v) is 14.3. The third-order valence-corrected chi connectivity index (χ3v) is 4.57. The lowest BCUT2D eigenvalue weighted by Gasteiger charge is -2.16. The quantitative estimate of drug-likeness (QED) is 0.558. The van der Waals surface area contributed by atoms with Gasteiger partial charge in [-0.3, -0.25) is 14.6 Å². The molecule has 0 saturated heterocycles. The zero-order chi connectivity index (χ0) is 17.9. The van der Waals surface area contributed by atoms with Gasteiger partial charge in [0.25, 0.3) is 5.91 Å². The molecule has 2 N–H and O–H groups in total. The summed E-state index contributed by atoms with van der Waals surface area (Å²) >= 11 is 1.38. The first-order valence-corrected chi connectivity index (χ1v) is 8.63. The van der Waals surface area contributed by atoms with Crippen LogP contribution < -0.4 is 10.6 Å². The maximum Gasteiger partial charge on any atom is 0.251 e. The van der Waals surface area contributed by atoms with Crippen molar-refractivity contribution in [1.82, 2.24) is 15.6 Å². The number of hydrogen-bond acceptors (Lipinski definition) is 5. The molecule has 2 rings (SSSR count). The summed E-state index contributed by atoms with van der Waals surface area (Å²) in [6.07, 6.45) is 3.76. The van der Waals surface area contributed by atoms with Crippen LogP contribution in [0.3, 0.4) is 0 Å². The van der Waals surface area contributed by atoms with Crippen LogP contribution in [0.2, 0.25) is 0 Å². The fourth-order valence-corrected chi connectivity index (χ4v) is 3.11. The van der Waals surface area contributed by atoms with Gasteiger partial charge in [-0.1, -0.05) is 18.2 Å². The van der Waals surface area contributed by atoms with Gasteiger partial charge in [-0.2, -0.15) is 5.26 Å². The minimum atomic E-state index is -0.410. The van der Waals surface area contributed by atoms with Gasteiger partial charge in [0.2, 0.25) is 5.91 Å². The van der Waals surface area contributed by atoms with Crippen molar-refractivity contribution in [3.05, 3.63) is 60.4 Å². The highest BCUT2D eigenvalue weighted by molar-refractivity contribution is 8.00. The maximum absolute atomic E-state index is 12.2. The number of amides is 2. The molecule has 7 heteroatoms. The molecule has 0 saturated carbocycles. The maximum atomic E-state index is 12.2. The van der Waals surface area contributed by atoms with Gasteiger partial charge >= 0.3 is 0 Å². The van der Waals surface area contributed by atoms with Crippen molar-refractivity contribution in [3.8, 4) is 6.07 Å². The van der Waals surface area contributed by atoms with Gasteiger partial charge in [-0.25, -0.2) is 0 Å². The van der Waals surface area contributed by atoms with Crippen molar-refractivity contribution in [2.75, 3.05) is 13.1 Å². The van der Waals surface area contributed by atoms with E-state index >= 15 is 0 Å². The second kappa shape index (κ2) is 10.1. The molecule has 2 aromatic rings. The van der Waals surface area contributed by atoms with Crippen molar-refractivity contribution in [1.29, 1.82) is 5.26 Å². The van der Waals surface area contributed by atoms with E-state index in [1.54, 1.807) is 36.7 Å². The highest BCUT2D eigenvalue weighted by Crippen LogP contribution is 2.24. The number of thioether (sulfide) groups is 1. The fourth-order valence-electron chi connectivity index (χ4n) is 2.07. The Balaban J connectivity index is 1.92. The van der Waals surface area contributed by atoms with Crippen molar-refractivity contribution >= 4 is 23.6 Å². The molecule has 0 aliphatic heterocycles. The lowest BCUT2D eigenvalue weighted by molar-refractivity contribution is -0.120. The van der Waals surface area contributed by atoms with Crippen LogP contribution >= 0.6 is 11.8 Å². The fraction of sp³-hybridized carbons (Fsp3) is 0.222. The van der Waals surface area contributed by atoms with Crippen LogP contribution in [0, 0.1) is 11.3 Å². The Bertz CT molecular complexity index is 732. The van der Waals surface area contributed by atoms with Crippen LogP contribution in [-0.2, 0) is 4.79 Å². The molecule has 25 heavy (non-hydrogen) atoms. The van der Waals surface area contributed by atoms with Gasteiger partial charge < -0.3 is 10.6 Å². The van der Waals surface area contributed by atoms with Gasteiger partial charge in [0.15, 0.2) is 0 Å². The van der Waals surface area contributed by atoms with E-state index in [0.717, 1.165) is 4.90 Å². The number of pyridine rings is 1. The average molecular weight is 354 g/mol. The Morgan fingerprint density at radius 2 is 1.84 bits per heavy atom. The van der Waals surface area contributed by atoms with Crippen molar-refractivity contribution in [2.24, 2.45) is 0 Å². The number of benzene rings is 1. The van der Waals surface area contributed by atoms with Crippen molar-refractivity contribution < 1.29 is 9.59 Å². The third-order valence-electron chi connectivity index (χ3n) is 3.29. The summed E-state index contributed by atoms with van der Waals surface area (Å²) < 4.78 is 0. The molecule has 128 valence electrons. The van der Waals surface area contributed by atoms with Crippen LogP contribution in [-0.4, -0.2) is 35.1 Å². The van der Waals surface area contributed by atoms with E-state index in [9.17, 15) is 9.59 Å². The number of nitrogens with zero attached hydrogens (tertiary/aromatic N) is 2. The zero-order valence-electron chi connectivity index (χ0n) is 13.5. The Morgan fingerprint density at radius 1 is 1.12 bits per heavy atom. The van der Waals surface area contributed by atoms with E-state index < -0.39 is 5.25 Å². The summed E-state index contributed by atoms with van der Waals surface area (Å²) in [4.78, 5) is 29.2. The van der Waals surface area contributed by atoms with E-state index in [1.807, 2.05) is 24.3 Å².